The molecule has 3 heterocycles. The summed E-state index contributed by atoms with van der Waals surface area (Å²) in [5, 5.41) is 91.3. The molecule has 2 saturated heterocycles. The third-order valence-corrected chi connectivity index (χ3v) is 7.14. The molecule has 2 aliphatic heterocycles. The van der Waals surface area contributed by atoms with Crippen molar-refractivity contribution in [1.82, 2.24) is 0 Å². The standard InChI is InChI=1S/C27H30O16/c1-38-14-4-9(2-3-11(14)29)24-25(20(34)17-12(30)5-10(28)6-15(17)41-24)43-27-23(37)21(35)19(33)16(42-27)8-40-26-22(36)18(32)13(31)7-39-26/h2-6,13,16,18-19,21-23,26-33,35-37H,7-8H2,1H3/t13-,16-,18+,19-,21+,22-,23-,26+,27+/m1/s1. The van der Waals surface area contributed by atoms with Crippen LogP contribution in [0.1, 0.15) is 0 Å². The number of benzene rings is 2. The zero-order chi connectivity index (χ0) is 31.2. The number of hydrogen-bond donors (Lipinski definition) is 9. The third kappa shape index (κ3) is 5.79. The van der Waals surface area contributed by atoms with Crippen LogP contribution in [0.2, 0.25) is 0 Å². The highest BCUT2D eigenvalue weighted by molar-refractivity contribution is 5.88. The molecule has 2 aliphatic rings. The number of hydrogen-bond acceptors (Lipinski definition) is 16. The van der Waals surface area contributed by atoms with E-state index in [2.05, 4.69) is 0 Å². The normalized spacial score (nSPS) is 31.2. The summed E-state index contributed by atoms with van der Waals surface area (Å²) >= 11 is 0. The second kappa shape index (κ2) is 12.1. The summed E-state index contributed by atoms with van der Waals surface area (Å²) in [6, 6.07) is 5.83. The van der Waals surface area contributed by atoms with Crippen molar-refractivity contribution in [2.75, 3.05) is 20.3 Å². The largest absolute Gasteiger partial charge is 0.508 e. The van der Waals surface area contributed by atoms with Crippen LogP contribution >= 0.6 is 0 Å². The van der Waals surface area contributed by atoms with Crippen LogP contribution in [0.3, 0.4) is 0 Å². The molecule has 234 valence electrons. The Morgan fingerprint density at radius 2 is 1.58 bits per heavy atom. The maximum atomic E-state index is 13.6. The molecule has 3 aromatic rings. The van der Waals surface area contributed by atoms with Crippen LogP contribution in [0.15, 0.2) is 39.5 Å². The number of aliphatic hydroxyl groups excluding tert-OH is 6. The zero-order valence-electron chi connectivity index (χ0n) is 22.4. The van der Waals surface area contributed by atoms with Gasteiger partial charge >= 0.3 is 0 Å². The number of ether oxygens (including phenoxy) is 5. The van der Waals surface area contributed by atoms with Crippen LogP contribution in [0, 0.1) is 0 Å². The summed E-state index contributed by atoms with van der Waals surface area (Å²) in [5.74, 6) is -2.27. The summed E-state index contributed by atoms with van der Waals surface area (Å²) in [6.07, 6.45) is -14.9. The Bertz CT molecular complexity index is 1520. The van der Waals surface area contributed by atoms with Crippen LogP contribution in [-0.4, -0.2) is 122 Å². The molecule has 0 bridgehead atoms. The van der Waals surface area contributed by atoms with Gasteiger partial charge in [0, 0.05) is 17.7 Å². The number of phenolic OH excluding ortho intramolecular Hbond substituents is 3. The lowest BCUT2D eigenvalue weighted by molar-refractivity contribution is -0.307. The van der Waals surface area contributed by atoms with E-state index in [1.165, 1.54) is 25.3 Å². The number of aliphatic hydroxyl groups is 6. The minimum Gasteiger partial charge on any atom is -0.508 e. The van der Waals surface area contributed by atoms with Crippen LogP contribution in [0.5, 0.6) is 28.7 Å². The van der Waals surface area contributed by atoms with E-state index in [9.17, 15) is 50.8 Å². The van der Waals surface area contributed by atoms with Gasteiger partial charge < -0.3 is 74.1 Å². The van der Waals surface area contributed by atoms with Crippen LogP contribution in [0.4, 0.5) is 0 Å². The fourth-order valence-electron chi connectivity index (χ4n) is 4.77. The summed E-state index contributed by atoms with van der Waals surface area (Å²) < 4.78 is 32.9. The maximum Gasteiger partial charge on any atom is 0.239 e. The first-order valence-electron chi connectivity index (χ1n) is 12.9. The molecule has 43 heavy (non-hydrogen) atoms. The summed E-state index contributed by atoms with van der Waals surface area (Å²) in [6.45, 7) is -0.943. The molecule has 0 saturated carbocycles. The lowest BCUT2D eigenvalue weighted by atomic mass is 9.99. The molecule has 9 N–H and O–H groups in total. The molecular formula is C27H30O16. The van der Waals surface area contributed by atoms with E-state index in [1.54, 1.807) is 0 Å². The van der Waals surface area contributed by atoms with E-state index in [0.29, 0.717) is 0 Å². The van der Waals surface area contributed by atoms with Crippen LogP contribution in [0.25, 0.3) is 22.3 Å². The molecule has 5 rings (SSSR count). The summed E-state index contributed by atoms with van der Waals surface area (Å²) in [4.78, 5) is 13.6. The quantitative estimate of drug-likeness (QED) is 0.143. The summed E-state index contributed by atoms with van der Waals surface area (Å²) in [7, 11) is 1.28. The van der Waals surface area contributed by atoms with E-state index < -0.39 is 90.0 Å². The van der Waals surface area contributed by atoms with Crippen LogP contribution < -0.4 is 14.9 Å². The van der Waals surface area contributed by atoms with E-state index in [-0.39, 0.29) is 35.0 Å². The Morgan fingerprint density at radius 3 is 2.30 bits per heavy atom. The van der Waals surface area contributed by atoms with Crippen molar-refractivity contribution in [3.63, 3.8) is 0 Å². The average molecular weight is 611 g/mol. The van der Waals surface area contributed by atoms with Crippen LogP contribution in [-0.2, 0) is 14.2 Å². The number of rotatable bonds is 7. The Labute approximate surface area is 241 Å². The molecule has 0 unspecified atom stereocenters. The first-order valence-corrected chi connectivity index (χ1v) is 12.9. The molecule has 9 atom stereocenters. The minimum absolute atomic E-state index is 0.0144. The van der Waals surface area contributed by atoms with Crippen molar-refractivity contribution >= 4 is 11.0 Å². The van der Waals surface area contributed by atoms with Gasteiger partial charge in [0.05, 0.1) is 20.3 Å². The maximum absolute atomic E-state index is 13.6. The van der Waals surface area contributed by atoms with Gasteiger partial charge in [0.2, 0.25) is 17.5 Å². The molecule has 0 aliphatic carbocycles. The van der Waals surface area contributed by atoms with Gasteiger partial charge in [-0.15, -0.1) is 0 Å². The van der Waals surface area contributed by atoms with Crippen molar-refractivity contribution in [1.29, 1.82) is 0 Å². The molecule has 1 aromatic heterocycles. The topological polar surface area (TPSA) is 258 Å². The molecule has 2 aromatic carbocycles. The molecule has 0 amide bonds. The van der Waals surface area contributed by atoms with Gasteiger partial charge in [-0.3, -0.25) is 4.79 Å². The Hall–Kier alpha value is -3.71. The lowest BCUT2D eigenvalue weighted by Crippen LogP contribution is -2.61. The predicted octanol–water partition coefficient (Wildman–Crippen LogP) is -1.77. The van der Waals surface area contributed by atoms with Gasteiger partial charge in [0.15, 0.2) is 23.5 Å². The lowest BCUT2D eigenvalue weighted by Gasteiger charge is -2.41. The molecule has 0 radical (unpaired) electrons. The van der Waals surface area contributed by atoms with Gasteiger partial charge in [-0.1, -0.05) is 0 Å². The van der Waals surface area contributed by atoms with Crippen molar-refractivity contribution in [3.05, 3.63) is 40.6 Å². The third-order valence-electron chi connectivity index (χ3n) is 7.14. The number of methoxy groups -OCH3 is 1. The Balaban J connectivity index is 1.49. The van der Waals surface area contributed by atoms with Gasteiger partial charge in [-0.25, -0.2) is 0 Å². The molecule has 2 fully saturated rings. The fourth-order valence-corrected chi connectivity index (χ4v) is 4.77. The van der Waals surface area contributed by atoms with E-state index in [1.807, 2.05) is 0 Å². The van der Waals surface area contributed by atoms with E-state index >= 15 is 0 Å². The number of phenols is 3. The smallest absolute Gasteiger partial charge is 0.239 e. The second-order valence-corrected chi connectivity index (χ2v) is 10.0. The summed E-state index contributed by atoms with van der Waals surface area (Å²) in [5.41, 5.74) is -1.11. The molecular weight excluding hydrogens is 580 g/mol. The van der Waals surface area contributed by atoms with Crippen molar-refractivity contribution < 1.29 is 74.1 Å². The highest BCUT2D eigenvalue weighted by Gasteiger charge is 2.47. The highest BCUT2D eigenvalue weighted by atomic mass is 16.7. The van der Waals surface area contributed by atoms with Gasteiger partial charge in [-0.05, 0) is 18.2 Å². The molecule has 16 heteroatoms. The monoisotopic (exact) mass is 610 g/mol. The van der Waals surface area contributed by atoms with E-state index in [4.69, 9.17) is 28.1 Å². The van der Waals surface area contributed by atoms with Crippen molar-refractivity contribution in [2.45, 2.75) is 55.3 Å². The zero-order valence-corrected chi connectivity index (χ0v) is 22.4. The predicted molar refractivity (Wildman–Crippen MR) is 140 cm³/mol. The average Bonchev–Trinajstić information content (AvgIpc) is 2.97. The number of aromatic hydroxyl groups is 3. The minimum atomic E-state index is -1.94. The van der Waals surface area contributed by atoms with Gasteiger partial charge in [-0.2, -0.15) is 0 Å². The van der Waals surface area contributed by atoms with Gasteiger partial charge in [0.1, 0.15) is 65.2 Å². The van der Waals surface area contributed by atoms with Crippen molar-refractivity contribution in [2.24, 2.45) is 0 Å². The Morgan fingerprint density at radius 1 is 0.860 bits per heavy atom. The van der Waals surface area contributed by atoms with E-state index in [0.717, 1.165) is 12.1 Å². The highest BCUT2D eigenvalue weighted by Crippen LogP contribution is 2.39. The van der Waals surface area contributed by atoms with Gasteiger partial charge in [0.25, 0.3) is 0 Å². The first kappa shape index (κ1) is 30.7. The Kier molecular flexibility index (Phi) is 8.66. The molecule has 16 nitrogen and oxygen atoms in total. The fraction of sp³-hybridized carbons (Fsp3) is 0.444. The SMILES string of the molecule is COc1cc(-c2oc3cc(O)cc(O)c3c(=O)c2O[C@@H]2O[C@H](CO[C@@H]3OC[C@@H](O)[C@H](O)[C@H]3O)[C@@H](O)[C@H](O)[C@H]2O)ccc1O. The molecule has 0 spiro atoms. The first-order chi connectivity index (χ1) is 20.4. The second-order valence-electron chi connectivity index (χ2n) is 10.0. The number of fused-ring (bicyclic) bond motifs is 1. The van der Waals surface area contributed by atoms with Crippen molar-refractivity contribution in [3.8, 4) is 40.1 Å².